The van der Waals surface area contributed by atoms with Gasteiger partial charge in [0.05, 0.1) is 5.69 Å². The van der Waals surface area contributed by atoms with Crippen LogP contribution in [0, 0.1) is 0 Å². The third-order valence-electron chi connectivity index (χ3n) is 1.17. The van der Waals surface area contributed by atoms with E-state index in [0.717, 1.165) is 0 Å². The second-order valence-electron chi connectivity index (χ2n) is 1.87. The molecule has 3 N–H and O–H groups in total. The molecule has 4 heteroatoms. The first-order chi connectivity index (χ1) is 4.63. The molecule has 54 valence electrons. The predicted molar refractivity (Wildman–Crippen MR) is 47.0 cm³/mol. The minimum Gasteiger partial charge on any atom is -0.505 e. The molecule has 0 heterocycles. The Morgan fingerprint density at radius 2 is 1.70 bits per heavy atom. The summed E-state index contributed by atoms with van der Waals surface area (Å²) in [6.45, 7) is 0. The molecule has 0 saturated heterocycles. The van der Waals surface area contributed by atoms with Crippen molar-refractivity contribution in [1.29, 1.82) is 0 Å². The molecule has 1 aromatic carbocycles. The maximum atomic E-state index is 9.14. The van der Waals surface area contributed by atoms with E-state index in [1.54, 1.807) is 12.1 Å². The Bertz CT molecular complexity index is 235. The highest BCUT2D eigenvalue weighted by Gasteiger charge is 2.03. The number of nitrogens with two attached hydrogens (primary N) is 1. The van der Waals surface area contributed by atoms with Crippen molar-refractivity contribution in [2.75, 3.05) is 5.73 Å². The number of anilines is 1. The average Bonchev–Trinajstić information content (AvgIpc) is 1.93. The molecule has 1 aromatic rings. The molecule has 10 heavy (non-hydrogen) atoms. The van der Waals surface area contributed by atoms with Crippen LogP contribution in [-0.4, -0.2) is 5.11 Å². The number of phenolic OH excluding ortho intramolecular Hbond substituents is 1. The summed E-state index contributed by atoms with van der Waals surface area (Å²) in [7, 11) is 0. The van der Waals surface area contributed by atoms with Crippen molar-refractivity contribution in [1.82, 2.24) is 0 Å². The minimum atomic E-state index is -0.00386. The molecule has 0 atom stereocenters. The molecular weight excluding hydrogens is 166 g/mol. The molecule has 0 spiro atoms. The molecule has 2 nitrogen and oxygen atoms in total. The Labute approximate surface area is 69.9 Å². The van der Waals surface area contributed by atoms with Gasteiger partial charge in [0.1, 0.15) is 0 Å². The quantitative estimate of drug-likeness (QED) is 0.273. The van der Waals surface area contributed by atoms with Gasteiger partial charge in [0.25, 0.3) is 0 Å². The van der Waals surface area contributed by atoms with Crippen molar-refractivity contribution in [2.24, 2.45) is 0 Å². The zero-order valence-electron chi connectivity index (χ0n) is 5.07. The second-order valence-corrected chi connectivity index (χ2v) is 2.83. The standard InChI is InChI=1S/C6H7NOS2/c7-5-3(9)1-2-4(10)6(5)8/h1-2,8-10H,7H2. The normalized spacial score (nSPS) is 9.80. The van der Waals surface area contributed by atoms with E-state index < -0.39 is 0 Å². The van der Waals surface area contributed by atoms with Crippen LogP contribution in [0.5, 0.6) is 5.75 Å². The Kier molecular flexibility index (Phi) is 2.01. The van der Waals surface area contributed by atoms with Gasteiger partial charge in [-0.15, -0.1) is 25.3 Å². The van der Waals surface area contributed by atoms with E-state index >= 15 is 0 Å². The summed E-state index contributed by atoms with van der Waals surface area (Å²) < 4.78 is 0. The van der Waals surface area contributed by atoms with Crippen molar-refractivity contribution >= 4 is 30.9 Å². The molecule has 1 rings (SSSR count). The maximum Gasteiger partial charge on any atom is 0.152 e. The molecule has 0 aromatic heterocycles. The van der Waals surface area contributed by atoms with E-state index in [2.05, 4.69) is 25.3 Å². The van der Waals surface area contributed by atoms with Gasteiger partial charge in [0.15, 0.2) is 5.75 Å². The van der Waals surface area contributed by atoms with Crippen molar-refractivity contribution < 1.29 is 5.11 Å². The van der Waals surface area contributed by atoms with Crippen LogP contribution >= 0.6 is 25.3 Å². The monoisotopic (exact) mass is 173 g/mol. The fourth-order valence-corrected chi connectivity index (χ4v) is 0.961. The Balaban J connectivity index is 3.34. The average molecular weight is 173 g/mol. The number of hydrogen-bond acceptors (Lipinski definition) is 4. The number of phenols is 1. The van der Waals surface area contributed by atoms with E-state index in [9.17, 15) is 0 Å². The summed E-state index contributed by atoms with van der Waals surface area (Å²) in [5.74, 6) is -0.00386. The van der Waals surface area contributed by atoms with E-state index in [0.29, 0.717) is 9.79 Å². The third kappa shape index (κ3) is 1.17. The van der Waals surface area contributed by atoms with Gasteiger partial charge in [0, 0.05) is 9.79 Å². The van der Waals surface area contributed by atoms with Crippen molar-refractivity contribution in [3.63, 3.8) is 0 Å². The second kappa shape index (κ2) is 2.64. The van der Waals surface area contributed by atoms with Crippen LogP contribution in [0.4, 0.5) is 5.69 Å². The van der Waals surface area contributed by atoms with Gasteiger partial charge in [-0.2, -0.15) is 0 Å². The van der Waals surface area contributed by atoms with Crippen LogP contribution in [0.1, 0.15) is 0 Å². The maximum absolute atomic E-state index is 9.14. The van der Waals surface area contributed by atoms with Gasteiger partial charge < -0.3 is 10.8 Å². The first-order valence-electron chi connectivity index (χ1n) is 2.62. The lowest BCUT2D eigenvalue weighted by Gasteiger charge is -2.02. The number of rotatable bonds is 0. The molecule has 0 bridgehead atoms. The van der Waals surface area contributed by atoms with Crippen molar-refractivity contribution in [3.05, 3.63) is 12.1 Å². The Hall–Kier alpha value is -0.480. The van der Waals surface area contributed by atoms with E-state index in [1.165, 1.54) is 0 Å². The molecule has 0 aliphatic rings. The van der Waals surface area contributed by atoms with Crippen LogP contribution in [0.25, 0.3) is 0 Å². The molecule has 0 aliphatic heterocycles. The molecule has 0 radical (unpaired) electrons. The molecule has 0 amide bonds. The van der Waals surface area contributed by atoms with Gasteiger partial charge in [-0.25, -0.2) is 0 Å². The lowest BCUT2D eigenvalue weighted by atomic mass is 10.3. The fourth-order valence-electron chi connectivity index (χ4n) is 0.586. The number of nitrogen functional groups attached to an aromatic ring is 1. The number of benzene rings is 1. The van der Waals surface area contributed by atoms with Crippen molar-refractivity contribution in [2.45, 2.75) is 9.79 Å². The number of thiol groups is 2. The Morgan fingerprint density at radius 1 is 1.20 bits per heavy atom. The predicted octanol–water partition coefficient (Wildman–Crippen LogP) is 1.55. The highest BCUT2D eigenvalue weighted by molar-refractivity contribution is 7.81. The van der Waals surface area contributed by atoms with E-state index in [4.69, 9.17) is 10.8 Å². The first-order valence-corrected chi connectivity index (χ1v) is 3.51. The third-order valence-corrected chi connectivity index (χ3v) is 1.92. The summed E-state index contributed by atoms with van der Waals surface area (Å²) in [4.78, 5) is 1.03. The lowest BCUT2D eigenvalue weighted by Crippen LogP contribution is -1.87. The largest absolute Gasteiger partial charge is 0.505 e. The molecule has 0 saturated carbocycles. The number of aromatic hydroxyl groups is 1. The lowest BCUT2D eigenvalue weighted by molar-refractivity contribution is 0.464. The highest BCUT2D eigenvalue weighted by atomic mass is 32.1. The van der Waals surface area contributed by atoms with Gasteiger partial charge in [0.2, 0.25) is 0 Å². The van der Waals surface area contributed by atoms with Gasteiger partial charge in [-0.1, -0.05) is 0 Å². The van der Waals surface area contributed by atoms with Crippen LogP contribution in [0.15, 0.2) is 21.9 Å². The topological polar surface area (TPSA) is 46.2 Å². The molecule has 0 aliphatic carbocycles. The summed E-state index contributed by atoms with van der Waals surface area (Å²) >= 11 is 7.95. The molecule has 0 fully saturated rings. The zero-order chi connectivity index (χ0) is 7.72. The van der Waals surface area contributed by atoms with Crippen LogP contribution in [-0.2, 0) is 0 Å². The SMILES string of the molecule is Nc1c(S)ccc(S)c1O. The smallest absolute Gasteiger partial charge is 0.152 e. The summed E-state index contributed by atoms with van der Waals surface area (Å²) in [6.07, 6.45) is 0. The summed E-state index contributed by atoms with van der Waals surface area (Å²) in [5, 5.41) is 9.14. The van der Waals surface area contributed by atoms with Crippen LogP contribution in [0.2, 0.25) is 0 Å². The summed E-state index contributed by atoms with van der Waals surface area (Å²) in [5.41, 5.74) is 5.68. The van der Waals surface area contributed by atoms with Crippen LogP contribution in [0.3, 0.4) is 0 Å². The summed E-state index contributed by atoms with van der Waals surface area (Å²) in [6, 6.07) is 3.32. The number of hydrogen-bond donors (Lipinski definition) is 4. The van der Waals surface area contributed by atoms with Gasteiger partial charge in [-0.05, 0) is 12.1 Å². The molecule has 0 unspecified atom stereocenters. The van der Waals surface area contributed by atoms with Gasteiger partial charge in [-0.3, -0.25) is 0 Å². The van der Waals surface area contributed by atoms with E-state index in [1.807, 2.05) is 0 Å². The van der Waals surface area contributed by atoms with Gasteiger partial charge >= 0.3 is 0 Å². The van der Waals surface area contributed by atoms with E-state index in [-0.39, 0.29) is 11.4 Å². The minimum absolute atomic E-state index is 0.00386. The highest BCUT2D eigenvalue weighted by Crippen LogP contribution is 2.32. The molecular formula is C6H7NOS2. The Morgan fingerprint density at radius 3 is 2.20 bits per heavy atom. The van der Waals surface area contributed by atoms with Crippen LogP contribution < -0.4 is 5.73 Å². The van der Waals surface area contributed by atoms with Crippen molar-refractivity contribution in [3.8, 4) is 5.75 Å². The zero-order valence-corrected chi connectivity index (χ0v) is 6.86. The first kappa shape index (κ1) is 7.63. The fraction of sp³-hybridized carbons (Fsp3) is 0.